The summed E-state index contributed by atoms with van der Waals surface area (Å²) in [5.74, 6) is -0.896. The number of hydrogen-bond donors (Lipinski definition) is 1. The summed E-state index contributed by atoms with van der Waals surface area (Å²) in [4.78, 5) is 39.0. The number of rotatable bonds is 7. The maximum absolute atomic E-state index is 13.9. The second-order valence-corrected chi connectivity index (χ2v) is 11.0. The van der Waals surface area contributed by atoms with Gasteiger partial charge in [0.15, 0.2) is 0 Å². The van der Waals surface area contributed by atoms with Crippen LogP contribution in [0.1, 0.15) is 22.3 Å². The standard InChI is InChI=1S/C27H21Br2FN2O4S/c1-15-7-8-19(9-16(15)2)31-24(33)13-32-26(34)23(37-27(32)35)12-17-10-20(28)25(21(29)11-17)36-14-18-5-3-4-6-22(18)30/h3-12H,13-14H2,1-2H3,(H,31,33)/b23-12+. The Morgan fingerprint density at radius 3 is 2.43 bits per heavy atom. The minimum absolute atomic E-state index is 0.0341. The zero-order valence-electron chi connectivity index (χ0n) is 19.8. The smallest absolute Gasteiger partial charge is 0.294 e. The van der Waals surface area contributed by atoms with Gasteiger partial charge in [-0.1, -0.05) is 24.3 Å². The third-order valence-corrected chi connectivity index (χ3v) is 7.70. The molecule has 0 unspecified atom stereocenters. The Bertz CT molecular complexity index is 1420. The van der Waals surface area contributed by atoms with Crippen LogP contribution in [0.5, 0.6) is 5.75 Å². The molecule has 190 valence electrons. The van der Waals surface area contributed by atoms with E-state index >= 15 is 0 Å². The maximum atomic E-state index is 13.9. The van der Waals surface area contributed by atoms with E-state index in [1.807, 2.05) is 26.0 Å². The molecule has 10 heteroatoms. The van der Waals surface area contributed by atoms with E-state index in [2.05, 4.69) is 37.2 Å². The summed E-state index contributed by atoms with van der Waals surface area (Å²) >= 11 is 7.67. The molecule has 37 heavy (non-hydrogen) atoms. The fraction of sp³-hybridized carbons (Fsp3) is 0.148. The number of nitrogens with one attached hydrogen (secondary N) is 1. The lowest BCUT2D eigenvalue weighted by Gasteiger charge is -2.13. The van der Waals surface area contributed by atoms with E-state index < -0.39 is 17.1 Å². The van der Waals surface area contributed by atoms with Crippen molar-refractivity contribution in [3.8, 4) is 5.75 Å². The molecule has 0 aliphatic carbocycles. The van der Waals surface area contributed by atoms with Gasteiger partial charge >= 0.3 is 0 Å². The second kappa shape index (κ2) is 11.6. The van der Waals surface area contributed by atoms with E-state index in [9.17, 15) is 18.8 Å². The number of thioether (sulfide) groups is 1. The topological polar surface area (TPSA) is 75.7 Å². The lowest BCUT2D eigenvalue weighted by Crippen LogP contribution is -2.36. The summed E-state index contributed by atoms with van der Waals surface area (Å²) in [5.41, 5.74) is 3.76. The molecule has 3 amide bonds. The SMILES string of the molecule is Cc1ccc(NC(=O)CN2C(=O)S/C(=C/c3cc(Br)c(OCc4ccccc4F)c(Br)c3)C2=O)cc1C. The Kier molecular flexibility index (Phi) is 8.51. The van der Waals surface area contributed by atoms with Crippen molar-refractivity contribution in [2.45, 2.75) is 20.5 Å². The molecule has 1 N–H and O–H groups in total. The molecule has 1 aliphatic rings. The van der Waals surface area contributed by atoms with Crippen LogP contribution in [-0.4, -0.2) is 28.5 Å². The fourth-order valence-corrected chi connectivity index (χ4v) is 5.81. The van der Waals surface area contributed by atoms with E-state index in [1.165, 1.54) is 6.07 Å². The molecular formula is C27H21Br2FN2O4S. The zero-order chi connectivity index (χ0) is 26.7. The first kappa shape index (κ1) is 27.1. The van der Waals surface area contributed by atoms with Crippen molar-refractivity contribution >= 4 is 72.4 Å². The Balaban J connectivity index is 1.44. The van der Waals surface area contributed by atoms with Gasteiger partial charge in [0, 0.05) is 11.3 Å². The molecule has 6 nitrogen and oxygen atoms in total. The minimum atomic E-state index is -0.544. The van der Waals surface area contributed by atoms with E-state index in [0.717, 1.165) is 27.8 Å². The highest BCUT2D eigenvalue weighted by atomic mass is 79.9. The number of halogens is 3. The number of hydrogen-bond acceptors (Lipinski definition) is 5. The first-order valence-electron chi connectivity index (χ1n) is 11.1. The van der Waals surface area contributed by atoms with Crippen molar-refractivity contribution in [3.05, 3.63) is 96.5 Å². The number of imide groups is 1. The van der Waals surface area contributed by atoms with Crippen molar-refractivity contribution in [3.63, 3.8) is 0 Å². The molecule has 1 saturated heterocycles. The zero-order valence-corrected chi connectivity index (χ0v) is 23.8. The van der Waals surface area contributed by atoms with Crippen molar-refractivity contribution in [2.75, 3.05) is 11.9 Å². The Hall–Kier alpha value is -2.95. The highest BCUT2D eigenvalue weighted by Crippen LogP contribution is 2.38. The third-order valence-electron chi connectivity index (χ3n) is 5.61. The van der Waals surface area contributed by atoms with Gasteiger partial charge in [-0.2, -0.15) is 0 Å². The summed E-state index contributed by atoms with van der Waals surface area (Å²) in [6.45, 7) is 3.55. The summed E-state index contributed by atoms with van der Waals surface area (Å²) in [7, 11) is 0. The third kappa shape index (κ3) is 6.49. The molecule has 0 radical (unpaired) electrons. The van der Waals surface area contributed by atoms with Crippen LogP contribution >= 0.6 is 43.6 Å². The van der Waals surface area contributed by atoms with Crippen LogP contribution in [0.15, 0.2) is 68.4 Å². The lowest BCUT2D eigenvalue weighted by molar-refractivity contribution is -0.127. The first-order chi connectivity index (χ1) is 17.6. The number of anilines is 1. The van der Waals surface area contributed by atoms with E-state index in [0.29, 0.717) is 31.5 Å². The van der Waals surface area contributed by atoms with Crippen LogP contribution in [-0.2, 0) is 16.2 Å². The highest BCUT2D eigenvalue weighted by molar-refractivity contribution is 9.11. The Morgan fingerprint density at radius 2 is 1.76 bits per heavy atom. The van der Waals surface area contributed by atoms with Gasteiger partial charge in [-0.15, -0.1) is 0 Å². The van der Waals surface area contributed by atoms with Gasteiger partial charge in [0.25, 0.3) is 11.1 Å². The van der Waals surface area contributed by atoms with Crippen LogP contribution in [0.2, 0.25) is 0 Å². The van der Waals surface area contributed by atoms with Crippen molar-refractivity contribution in [1.29, 1.82) is 0 Å². The Labute approximate surface area is 234 Å². The monoisotopic (exact) mass is 646 g/mol. The highest BCUT2D eigenvalue weighted by Gasteiger charge is 2.36. The predicted molar refractivity (Wildman–Crippen MR) is 150 cm³/mol. The van der Waals surface area contributed by atoms with E-state index in [4.69, 9.17) is 4.74 Å². The van der Waals surface area contributed by atoms with E-state index in [-0.39, 0.29) is 23.9 Å². The molecule has 1 heterocycles. The average molecular weight is 648 g/mol. The molecule has 0 bridgehead atoms. The molecule has 1 aliphatic heterocycles. The number of aryl methyl sites for hydroxylation is 2. The quantitative estimate of drug-likeness (QED) is 0.274. The number of benzene rings is 3. The second-order valence-electron chi connectivity index (χ2n) is 8.31. The van der Waals surface area contributed by atoms with Gasteiger partial charge in [0.2, 0.25) is 5.91 Å². The van der Waals surface area contributed by atoms with Gasteiger partial charge in [-0.05, 0) is 111 Å². The van der Waals surface area contributed by atoms with Crippen LogP contribution < -0.4 is 10.1 Å². The van der Waals surface area contributed by atoms with Crippen LogP contribution in [0.3, 0.4) is 0 Å². The number of nitrogens with zero attached hydrogens (tertiary/aromatic N) is 1. The van der Waals surface area contributed by atoms with Gasteiger partial charge in [-0.3, -0.25) is 19.3 Å². The van der Waals surface area contributed by atoms with Gasteiger partial charge in [0.1, 0.15) is 24.7 Å². The number of amides is 3. The normalized spacial score (nSPS) is 14.4. The summed E-state index contributed by atoms with van der Waals surface area (Å²) < 4.78 is 20.8. The van der Waals surface area contributed by atoms with Crippen LogP contribution in [0.4, 0.5) is 14.9 Å². The molecular weight excluding hydrogens is 627 g/mol. The number of ether oxygens (including phenoxy) is 1. The van der Waals surface area contributed by atoms with Crippen molar-refractivity contribution in [1.82, 2.24) is 4.90 Å². The van der Waals surface area contributed by atoms with Crippen molar-refractivity contribution in [2.24, 2.45) is 0 Å². The van der Waals surface area contributed by atoms with Crippen LogP contribution in [0.25, 0.3) is 6.08 Å². The molecule has 0 atom stereocenters. The number of carbonyl (C=O) groups excluding carboxylic acids is 3. The van der Waals surface area contributed by atoms with Crippen LogP contribution in [0, 0.1) is 19.7 Å². The van der Waals surface area contributed by atoms with Crippen molar-refractivity contribution < 1.29 is 23.5 Å². The predicted octanol–water partition coefficient (Wildman–Crippen LogP) is 7.22. The molecule has 0 saturated carbocycles. The average Bonchev–Trinajstić information content (AvgIpc) is 3.09. The molecule has 4 rings (SSSR count). The Morgan fingerprint density at radius 1 is 1.05 bits per heavy atom. The first-order valence-corrected chi connectivity index (χ1v) is 13.5. The van der Waals surface area contributed by atoms with Gasteiger partial charge in [0.05, 0.1) is 13.9 Å². The largest absolute Gasteiger partial charge is 0.486 e. The minimum Gasteiger partial charge on any atom is -0.486 e. The molecule has 1 fully saturated rings. The molecule has 0 spiro atoms. The fourth-order valence-electron chi connectivity index (χ4n) is 3.52. The number of carbonyl (C=O) groups is 3. The summed E-state index contributed by atoms with van der Waals surface area (Å²) in [6, 6.07) is 15.3. The van der Waals surface area contributed by atoms with Gasteiger partial charge in [-0.25, -0.2) is 4.39 Å². The summed E-state index contributed by atoms with van der Waals surface area (Å²) in [6.07, 6.45) is 1.57. The molecule has 3 aromatic rings. The maximum Gasteiger partial charge on any atom is 0.294 e. The molecule has 3 aromatic carbocycles. The van der Waals surface area contributed by atoms with Gasteiger partial charge < -0.3 is 10.1 Å². The van der Waals surface area contributed by atoms with E-state index in [1.54, 1.807) is 42.5 Å². The lowest BCUT2D eigenvalue weighted by atomic mass is 10.1. The summed E-state index contributed by atoms with van der Waals surface area (Å²) in [5, 5.41) is 2.21. The molecule has 0 aromatic heterocycles.